The number of aromatic nitrogens is 1. The molecule has 0 unspecified atom stereocenters. The summed E-state index contributed by atoms with van der Waals surface area (Å²) in [7, 11) is 0. The zero-order valence-electron chi connectivity index (χ0n) is 23.9. The lowest BCUT2D eigenvalue weighted by atomic mass is 9.92. The minimum absolute atomic E-state index is 0.678. The molecule has 5 rings (SSSR count). The lowest BCUT2D eigenvalue weighted by molar-refractivity contribution is 0.472. The van der Waals surface area contributed by atoms with Crippen LogP contribution in [0.2, 0.25) is 0 Å². The number of aliphatic hydroxyl groups excluding tert-OH is 1. The quantitative estimate of drug-likeness (QED) is 0.395. The van der Waals surface area contributed by atoms with E-state index in [-0.39, 0.29) is 0 Å². The van der Waals surface area contributed by atoms with Crippen LogP contribution in [0.15, 0.2) is 83.4 Å². The van der Waals surface area contributed by atoms with Crippen LogP contribution in [0, 0.1) is 6.92 Å². The zero-order valence-corrected chi connectivity index (χ0v) is 23.9. The van der Waals surface area contributed by atoms with Crippen molar-refractivity contribution in [1.82, 2.24) is 4.98 Å². The summed E-state index contributed by atoms with van der Waals surface area (Å²) in [6, 6.07) is 0. The molecule has 5 heteroatoms. The standard InChI is InChI=1S/C33H38N4O/c1-9-21-17(5)26-13-28-19(7)24(12-4)33(36-28)25(16-38)32-20(8)23(11-3)31(37-32)14-27-18(6)22(10-2)30(35-27)15-29(21)34-26/h13-16,35,38H,9-12H2,1-8H3. The summed E-state index contributed by atoms with van der Waals surface area (Å²) in [5, 5.41) is 10.5. The van der Waals surface area contributed by atoms with Crippen LogP contribution in [-0.4, -0.2) is 27.2 Å². The van der Waals surface area contributed by atoms with Gasteiger partial charge in [-0.2, -0.15) is 0 Å². The fraction of sp³-hybridized carbons (Fsp3) is 0.364. The number of aliphatic imine (C=N–C) groups is 3. The molecule has 5 nitrogen and oxygen atoms in total. The molecule has 0 spiro atoms. The largest absolute Gasteiger partial charge is 0.515 e. The van der Waals surface area contributed by atoms with E-state index >= 15 is 0 Å². The Morgan fingerprint density at radius 1 is 0.658 bits per heavy atom. The van der Waals surface area contributed by atoms with Gasteiger partial charge in [-0.05, 0) is 116 Å². The summed E-state index contributed by atoms with van der Waals surface area (Å²) >= 11 is 0. The minimum Gasteiger partial charge on any atom is -0.515 e. The van der Waals surface area contributed by atoms with E-state index in [0.717, 1.165) is 88.0 Å². The smallest absolute Gasteiger partial charge is 0.0907 e. The normalized spacial score (nSPS) is 20.3. The highest BCUT2D eigenvalue weighted by molar-refractivity contribution is 6.36. The Labute approximate surface area is 226 Å². The van der Waals surface area contributed by atoms with Crippen LogP contribution in [0.3, 0.4) is 0 Å². The van der Waals surface area contributed by atoms with Gasteiger partial charge in [0, 0.05) is 11.4 Å². The molecule has 0 fully saturated rings. The minimum atomic E-state index is 0.678. The van der Waals surface area contributed by atoms with Crippen molar-refractivity contribution in [1.29, 1.82) is 0 Å². The number of fused-ring (bicyclic) bond motifs is 5. The molecule has 4 aliphatic rings. The molecule has 0 atom stereocenters. The molecule has 0 aromatic carbocycles. The number of H-pyrrole nitrogens is 1. The van der Waals surface area contributed by atoms with Gasteiger partial charge >= 0.3 is 0 Å². The van der Waals surface area contributed by atoms with Gasteiger partial charge in [-0.25, -0.2) is 15.0 Å². The van der Waals surface area contributed by atoms with Crippen molar-refractivity contribution in [3.05, 3.63) is 91.0 Å². The van der Waals surface area contributed by atoms with Gasteiger partial charge in [0.25, 0.3) is 0 Å². The Morgan fingerprint density at radius 3 is 1.89 bits per heavy atom. The summed E-state index contributed by atoms with van der Waals surface area (Å²) < 4.78 is 0. The van der Waals surface area contributed by atoms with Crippen molar-refractivity contribution in [2.45, 2.75) is 81.1 Å². The van der Waals surface area contributed by atoms with Crippen molar-refractivity contribution in [3.63, 3.8) is 0 Å². The number of aromatic amines is 1. The number of nitrogens with zero attached hydrogens (tertiary/aromatic N) is 3. The van der Waals surface area contributed by atoms with Crippen molar-refractivity contribution in [2.75, 3.05) is 0 Å². The van der Waals surface area contributed by atoms with Crippen LogP contribution in [-0.2, 0) is 6.42 Å². The molecule has 0 aliphatic carbocycles. The Kier molecular flexibility index (Phi) is 6.72. The zero-order chi connectivity index (χ0) is 27.3. The monoisotopic (exact) mass is 506 g/mol. The van der Waals surface area contributed by atoms with E-state index in [1.54, 1.807) is 0 Å². The molecule has 4 aliphatic heterocycles. The van der Waals surface area contributed by atoms with E-state index in [1.807, 2.05) is 0 Å². The summed E-state index contributed by atoms with van der Waals surface area (Å²) in [5.41, 5.74) is 17.8. The lowest BCUT2D eigenvalue weighted by Crippen LogP contribution is -2.14. The number of hydrogen-bond donors (Lipinski definition) is 2. The summed E-state index contributed by atoms with van der Waals surface area (Å²) in [6.45, 7) is 17.3. The maximum absolute atomic E-state index is 10.5. The molecular weight excluding hydrogens is 468 g/mol. The number of rotatable bonds is 4. The molecule has 0 amide bonds. The van der Waals surface area contributed by atoms with E-state index < -0.39 is 0 Å². The molecule has 38 heavy (non-hydrogen) atoms. The highest BCUT2D eigenvalue weighted by Crippen LogP contribution is 2.39. The molecule has 1 aromatic rings. The first-order valence-electron chi connectivity index (χ1n) is 13.9. The van der Waals surface area contributed by atoms with Crippen LogP contribution < -0.4 is 0 Å². The topological polar surface area (TPSA) is 73.1 Å². The Hall–Kier alpha value is -3.73. The Bertz CT molecular complexity index is 1570. The third-order valence-electron chi connectivity index (χ3n) is 8.43. The van der Waals surface area contributed by atoms with Crippen LogP contribution in [0.4, 0.5) is 0 Å². The maximum Gasteiger partial charge on any atom is 0.0907 e. The molecule has 0 radical (unpaired) electrons. The molecule has 1 aromatic heterocycles. The number of nitrogens with one attached hydrogen (secondary N) is 1. The van der Waals surface area contributed by atoms with Gasteiger partial charge in [-0.3, -0.25) is 0 Å². The molecule has 8 bridgehead atoms. The molecule has 0 saturated carbocycles. The first kappa shape index (κ1) is 25.9. The second-order valence-corrected chi connectivity index (χ2v) is 10.3. The van der Waals surface area contributed by atoms with E-state index in [9.17, 15) is 5.11 Å². The van der Waals surface area contributed by atoms with E-state index in [2.05, 4.69) is 78.6 Å². The van der Waals surface area contributed by atoms with Gasteiger partial charge in [0.15, 0.2) is 0 Å². The van der Waals surface area contributed by atoms with Gasteiger partial charge in [0.2, 0.25) is 0 Å². The third kappa shape index (κ3) is 3.87. The molecule has 0 saturated heterocycles. The second kappa shape index (κ2) is 9.86. The number of hydrogen-bond acceptors (Lipinski definition) is 4. The lowest BCUT2D eigenvalue weighted by Gasteiger charge is -2.10. The third-order valence-corrected chi connectivity index (χ3v) is 8.43. The predicted octanol–water partition coefficient (Wildman–Crippen LogP) is 8.45. The second-order valence-electron chi connectivity index (χ2n) is 10.3. The Balaban J connectivity index is 1.86. The van der Waals surface area contributed by atoms with Crippen LogP contribution >= 0.6 is 0 Å². The number of allylic oxidation sites excluding steroid dienone is 8. The molecular formula is C33H38N4O. The SMILES string of the molecule is CCC1=C(C)C2=NC1=Cc1[nH]c(c(C)c1CC)C=C1N=C(C(=CO)C3=NC(=C2)C(C)=C3CC)C(C)=C1CC. The highest BCUT2D eigenvalue weighted by Gasteiger charge is 2.31. The van der Waals surface area contributed by atoms with Crippen molar-refractivity contribution < 1.29 is 5.11 Å². The Morgan fingerprint density at radius 2 is 1.26 bits per heavy atom. The van der Waals surface area contributed by atoms with Gasteiger partial charge < -0.3 is 10.1 Å². The molecule has 2 N–H and O–H groups in total. The number of aliphatic hydroxyl groups is 1. The fourth-order valence-electron chi connectivity index (χ4n) is 6.21. The average Bonchev–Trinajstić information content (AvgIpc) is 3.57. The van der Waals surface area contributed by atoms with E-state index in [1.165, 1.54) is 34.1 Å². The maximum atomic E-state index is 10.5. The predicted molar refractivity (Wildman–Crippen MR) is 161 cm³/mol. The van der Waals surface area contributed by atoms with Crippen molar-refractivity contribution in [3.8, 4) is 0 Å². The highest BCUT2D eigenvalue weighted by atomic mass is 16.2. The fourth-order valence-corrected chi connectivity index (χ4v) is 6.21. The summed E-state index contributed by atoms with van der Waals surface area (Å²) in [6.07, 6.45) is 11.2. The average molecular weight is 507 g/mol. The van der Waals surface area contributed by atoms with E-state index in [4.69, 9.17) is 15.0 Å². The van der Waals surface area contributed by atoms with Crippen molar-refractivity contribution >= 4 is 29.3 Å². The van der Waals surface area contributed by atoms with Gasteiger partial charge in [0.1, 0.15) is 0 Å². The van der Waals surface area contributed by atoms with Crippen LogP contribution in [0.25, 0.3) is 12.2 Å². The molecule has 5 heterocycles. The van der Waals surface area contributed by atoms with E-state index in [0.29, 0.717) is 5.57 Å². The summed E-state index contributed by atoms with van der Waals surface area (Å²) in [4.78, 5) is 19.0. The van der Waals surface area contributed by atoms with Crippen molar-refractivity contribution in [2.24, 2.45) is 15.0 Å². The summed E-state index contributed by atoms with van der Waals surface area (Å²) in [5.74, 6) is 0. The van der Waals surface area contributed by atoms with Gasteiger partial charge in [-0.1, -0.05) is 27.7 Å². The first-order chi connectivity index (χ1) is 18.3. The van der Waals surface area contributed by atoms with Crippen LogP contribution in [0.1, 0.15) is 90.2 Å². The molecule has 196 valence electrons. The van der Waals surface area contributed by atoms with Gasteiger partial charge in [-0.15, -0.1) is 0 Å². The van der Waals surface area contributed by atoms with Gasteiger partial charge in [0.05, 0.1) is 46.1 Å². The van der Waals surface area contributed by atoms with Crippen LogP contribution in [0.5, 0.6) is 0 Å². The first-order valence-corrected chi connectivity index (χ1v) is 13.9.